The van der Waals surface area contributed by atoms with Crippen LogP contribution in [-0.2, 0) is 0 Å². The second-order valence-electron chi connectivity index (χ2n) is 3.54. The Hall–Kier alpha value is 0.01000. The smallest absolute Gasteiger partial charge is 0.0176 e. The lowest BCUT2D eigenvalue weighted by Gasteiger charge is -2.14. The van der Waals surface area contributed by atoms with E-state index in [1.54, 1.807) is 0 Å². The molecule has 1 aromatic carbocycles. The number of nitrogens with one attached hydrogen (secondary N) is 1. The zero-order chi connectivity index (χ0) is 11.1. The number of benzene rings is 1. The van der Waals surface area contributed by atoms with E-state index in [0.29, 0.717) is 6.04 Å². The predicted octanol–water partition coefficient (Wildman–Crippen LogP) is 3.93. The normalized spacial score (nSPS) is 12.7. The molecule has 0 spiro atoms. The van der Waals surface area contributed by atoms with Crippen molar-refractivity contribution >= 4 is 27.7 Å². The molecule has 0 aromatic heterocycles. The summed E-state index contributed by atoms with van der Waals surface area (Å²) in [5.41, 5.74) is 0. The summed E-state index contributed by atoms with van der Waals surface area (Å²) < 4.78 is 1.14. The molecular formula is C12H18BrNS. The summed E-state index contributed by atoms with van der Waals surface area (Å²) >= 11 is 5.36. The van der Waals surface area contributed by atoms with Crippen LogP contribution in [0.2, 0.25) is 0 Å². The number of halogens is 1. The van der Waals surface area contributed by atoms with Gasteiger partial charge in [0.15, 0.2) is 0 Å². The first kappa shape index (κ1) is 13.1. The highest BCUT2D eigenvalue weighted by molar-refractivity contribution is 9.10. The van der Waals surface area contributed by atoms with Gasteiger partial charge in [0.1, 0.15) is 0 Å². The molecule has 0 aliphatic carbocycles. The molecule has 0 radical (unpaired) electrons. The standard InChI is InChI=1S/C12H18BrNS/c1-3-4-11(14-2)9-15-12-7-5-10(13)6-8-12/h5-8,11,14H,3-4,9H2,1-2H3. The van der Waals surface area contributed by atoms with Crippen LogP contribution in [-0.4, -0.2) is 18.8 Å². The Morgan fingerprint density at radius 1 is 1.33 bits per heavy atom. The van der Waals surface area contributed by atoms with Gasteiger partial charge < -0.3 is 5.32 Å². The maximum Gasteiger partial charge on any atom is 0.0176 e. The van der Waals surface area contributed by atoms with Crippen LogP contribution >= 0.6 is 27.7 Å². The Balaban J connectivity index is 2.38. The van der Waals surface area contributed by atoms with E-state index in [2.05, 4.69) is 52.4 Å². The third kappa shape index (κ3) is 5.05. The highest BCUT2D eigenvalue weighted by Crippen LogP contribution is 2.21. The Bertz CT molecular complexity index is 273. The molecule has 1 rings (SSSR count). The topological polar surface area (TPSA) is 12.0 Å². The first-order chi connectivity index (χ1) is 7.26. The third-order valence-corrected chi connectivity index (χ3v) is 4.01. The van der Waals surface area contributed by atoms with E-state index < -0.39 is 0 Å². The molecule has 0 saturated heterocycles. The van der Waals surface area contributed by atoms with Gasteiger partial charge in [-0.15, -0.1) is 11.8 Å². The van der Waals surface area contributed by atoms with Crippen LogP contribution < -0.4 is 5.32 Å². The van der Waals surface area contributed by atoms with Gasteiger partial charge in [-0.2, -0.15) is 0 Å². The molecule has 0 saturated carbocycles. The molecule has 0 aliphatic heterocycles. The molecule has 0 fully saturated rings. The van der Waals surface area contributed by atoms with Crippen molar-refractivity contribution in [2.45, 2.75) is 30.7 Å². The number of thioether (sulfide) groups is 1. The van der Waals surface area contributed by atoms with Crippen molar-refractivity contribution in [2.24, 2.45) is 0 Å². The van der Waals surface area contributed by atoms with E-state index in [9.17, 15) is 0 Å². The maximum absolute atomic E-state index is 3.44. The van der Waals surface area contributed by atoms with Crippen LogP contribution in [0.1, 0.15) is 19.8 Å². The van der Waals surface area contributed by atoms with E-state index in [1.807, 2.05) is 18.8 Å². The minimum atomic E-state index is 0.628. The highest BCUT2D eigenvalue weighted by Gasteiger charge is 2.04. The predicted molar refractivity (Wildman–Crippen MR) is 72.6 cm³/mol. The van der Waals surface area contributed by atoms with Crippen LogP contribution in [0, 0.1) is 0 Å². The first-order valence-electron chi connectivity index (χ1n) is 5.32. The fourth-order valence-corrected chi connectivity index (χ4v) is 2.71. The molecule has 3 heteroatoms. The zero-order valence-electron chi connectivity index (χ0n) is 9.29. The SMILES string of the molecule is CCCC(CSc1ccc(Br)cc1)NC. The van der Waals surface area contributed by atoms with Gasteiger partial charge in [0, 0.05) is 21.2 Å². The van der Waals surface area contributed by atoms with E-state index in [1.165, 1.54) is 17.7 Å². The van der Waals surface area contributed by atoms with Crippen molar-refractivity contribution in [3.05, 3.63) is 28.7 Å². The molecule has 0 amide bonds. The average Bonchev–Trinajstić information content (AvgIpc) is 2.26. The fraction of sp³-hybridized carbons (Fsp3) is 0.500. The summed E-state index contributed by atoms with van der Waals surface area (Å²) in [7, 11) is 2.04. The van der Waals surface area contributed by atoms with Gasteiger partial charge in [0.25, 0.3) is 0 Å². The fourth-order valence-electron chi connectivity index (χ4n) is 1.39. The van der Waals surface area contributed by atoms with Crippen molar-refractivity contribution in [1.82, 2.24) is 5.32 Å². The van der Waals surface area contributed by atoms with Crippen molar-refractivity contribution in [1.29, 1.82) is 0 Å². The molecule has 1 N–H and O–H groups in total. The summed E-state index contributed by atoms with van der Waals surface area (Å²) in [5.74, 6) is 1.14. The van der Waals surface area contributed by atoms with Crippen molar-refractivity contribution in [2.75, 3.05) is 12.8 Å². The van der Waals surface area contributed by atoms with Gasteiger partial charge >= 0.3 is 0 Å². The van der Waals surface area contributed by atoms with Crippen molar-refractivity contribution < 1.29 is 0 Å². The van der Waals surface area contributed by atoms with E-state index >= 15 is 0 Å². The van der Waals surface area contributed by atoms with Crippen LogP contribution in [0.3, 0.4) is 0 Å². The molecule has 1 unspecified atom stereocenters. The minimum absolute atomic E-state index is 0.628. The largest absolute Gasteiger partial charge is 0.316 e. The van der Waals surface area contributed by atoms with Crippen LogP contribution in [0.15, 0.2) is 33.6 Å². The molecule has 0 heterocycles. The van der Waals surface area contributed by atoms with Crippen molar-refractivity contribution in [3.8, 4) is 0 Å². The summed E-state index contributed by atoms with van der Waals surface area (Å²) in [6, 6.07) is 9.14. The third-order valence-electron chi connectivity index (χ3n) is 2.31. The number of hydrogen-bond donors (Lipinski definition) is 1. The monoisotopic (exact) mass is 287 g/mol. The molecule has 84 valence electrons. The van der Waals surface area contributed by atoms with Gasteiger partial charge in [-0.3, -0.25) is 0 Å². The average molecular weight is 288 g/mol. The molecule has 15 heavy (non-hydrogen) atoms. The summed E-state index contributed by atoms with van der Waals surface area (Å²) in [6.45, 7) is 2.23. The van der Waals surface area contributed by atoms with Crippen LogP contribution in [0.25, 0.3) is 0 Å². The van der Waals surface area contributed by atoms with E-state index in [0.717, 1.165) is 10.2 Å². The second-order valence-corrected chi connectivity index (χ2v) is 5.55. The first-order valence-corrected chi connectivity index (χ1v) is 7.09. The number of hydrogen-bond acceptors (Lipinski definition) is 2. The minimum Gasteiger partial charge on any atom is -0.316 e. The quantitative estimate of drug-likeness (QED) is 0.796. The second kappa shape index (κ2) is 7.31. The molecule has 0 bridgehead atoms. The summed E-state index contributed by atoms with van der Waals surface area (Å²) in [6.07, 6.45) is 2.49. The zero-order valence-corrected chi connectivity index (χ0v) is 11.7. The van der Waals surface area contributed by atoms with Crippen LogP contribution in [0.4, 0.5) is 0 Å². The summed E-state index contributed by atoms with van der Waals surface area (Å²) in [4.78, 5) is 1.34. The van der Waals surface area contributed by atoms with Crippen molar-refractivity contribution in [3.63, 3.8) is 0 Å². The maximum atomic E-state index is 3.44. The van der Waals surface area contributed by atoms with Gasteiger partial charge in [-0.05, 0) is 37.7 Å². The Kier molecular flexibility index (Phi) is 6.37. The van der Waals surface area contributed by atoms with E-state index in [4.69, 9.17) is 0 Å². The Morgan fingerprint density at radius 3 is 2.53 bits per heavy atom. The lowest BCUT2D eigenvalue weighted by atomic mass is 10.2. The van der Waals surface area contributed by atoms with Gasteiger partial charge in [-0.1, -0.05) is 29.3 Å². The molecule has 1 aromatic rings. The lowest BCUT2D eigenvalue weighted by molar-refractivity contribution is 0.564. The number of rotatable bonds is 6. The molecule has 0 aliphatic rings. The lowest BCUT2D eigenvalue weighted by Crippen LogP contribution is -2.27. The molecule has 1 atom stereocenters. The van der Waals surface area contributed by atoms with E-state index in [-0.39, 0.29) is 0 Å². The Labute approximate surface area is 105 Å². The Morgan fingerprint density at radius 2 is 2.00 bits per heavy atom. The van der Waals surface area contributed by atoms with Gasteiger partial charge in [0.2, 0.25) is 0 Å². The molecule has 1 nitrogen and oxygen atoms in total. The van der Waals surface area contributed by atoms with Gasteiger partial charge in [0.05, 0.1) is 0 Å². The molecular weight excluding hydrogens is 270 g/mol. The van der Waals surface area contributed by atoms with Gasteiger partial charge in [-0.25, -0.2) is 0 Å². The highest BCUT2D eigenvalue weighted by atomic mass is 79.9. The summed E-state index contributed by atoms with van der Waals surface area (Å²) in [5, 5.41) is 3.35. The van der Waals surface area contributed by atoms with Crippen LogP contribution in [0.5, 0.6) is 0 Å².